The number of rotatable bonds is 3. The predicted octanol–water partition coefficient (Wildman–Crippen LogP) is 2.52. The minimum atomic E-state index is -0.806. The van der Waals surface area contributed by atoms with E-state index in [1.807, 2.05) is 30.3 Å². The van der Waals surface area contributed by atoms with E-state index in [0.717, 1.165) is 10.8 Å². The van der Waals surface area contributed by atoms with Gasteiger partial charge in [0.1, 0.15) is 0 Å². The fourth-order valence-electron chi connectivity index (χ4n) is 2.42. The molecule has 0 spiro atoms. The first-order valence-corrected chi connectivity index (χ1v) is 7.54. The highest BCUT2D eigenvalue weighted by Gasteiger charge is 2.15. The zero-order valence-corrected chi connectivity index (χ0v) is 13.2. The Kier molecular flexibility index (Phi) is 4.43. The van der Waals surface area contributed by atoms with Crippen molar-refractivity contribution in [2.75, 3.05) is 10.6 Å². The number of hydrogen-bond donors (Lipinski definition) is 3. The van der Waals surface area contributed by atoms with Gasteiger partial charge in [-0.25, -0.2) is 0 Å². The van der Waals surface area contributed by atoms with E-state index in [0.29, 0.717) is 16.9 Å². The predicted molar refractivity (Wildman–Crippen MR) is 96.2 cm³/mol. The molecule has 3 amide bonds. The van der Waals surface area contributed by atoms with Crippen molar-refractivity contribution in [3.05, 3.63) is 72.3 Å². The van der Waals surface area contributed by atoms with E-state index in [4.69, 9.17) is 5.73 Å². The SMILES string of the molecule is NC(=O)c1ccc(NC(=O)C(=O)Nc2cccc3ccccc23)cc1. The number of benzene rings is 3. The van der Waals surface area contributed by atoms with Crippen molar-refractivity contribution in [3.63, 3.8) is 0 Å². The van der Waals surface area contributed by atoms with Crippen LogP contribution < -0.4 is 16.4 Å². The Morgan fingerprint density at radius 1 is 0.720 bits per heavy atom. The van der Waals surface area contributed by atoms with Crippen LogP contribution in [0.4, 0.5) is 11.4 Å². The maximum absolute atomic E-state index is 12.1. The fraction of sp³-hybridized carbons (Fsp3) is 0. The van der Waals surface area contributed by atoms with Crippen LogP contribution in [0.1, 0.15) is 10.4 Å². The highest BCUT2D eigenvalue weighted by molar-refractivity contribution is 6.44. The van der Waals surface area contributed by atoms with Gasteiger partial charge in [-0.2, -0.15) is 0 Å². The van der Waals surface area contributed by atoms with Crippen LogP contribution in [0, 0.1) is 0 Å². The monoisotopic (exact) mass is 333 g/mol. The summed E-state index contributed by atoms with van der Waals surface area (Å²) in [4.78, 5) is 35.2. The summed E-state index contributed by atoms with van der Waals surface area (Å²) in [6, 6.07) is 19.0. The number of nitrogens with two attached hydrogens (primary N) is 1. The van der Waals surface area contributed by atoms with E-state index >= 15 is 0 Å². The summed E-state index contributed by atoms with van der Waals surface area (Å²) in [7, 11) is 0. The molecule has 0 unspecified atom stereocenters. The van der Waals surface area contributed by atoms with Crippen LogP contribution in [0.2, 0.25) is 0 Å². The summed E-state index contributed by atoms with van der Waals surface area (Å²) in [6.07, 6.45) is 0. The molecule has 0 fully saturated rings. The van der Waals surface area contributed by atoms with Crippen molar-refractivity contribution < 1.29 is 14.4 Å². The summed E-state index contributed by atoms with van der Waals surface area (Å²) in [5.41, 5.74) is 6.42. The van der Waals surface area contributed by atoms with E-state index < -0.39 is 17.7 Å². The summed E-state index contributed by atoms with van der Waals surface area (Å²) in [5.74, 6) is -2.15. The highest BCUT2D eigenvalue weighted by Crippen LogP contribution is 2.22. The second kappa shape index (κ2) is 6.84. The molecule has 3 aromatic carbocycles. The van der Waals surface area contributed by atoms with Gasteiger partial charge in [-0.05, 0) is 35.7 Å². The number of carbonyl (C=O) groups is 3. The van der Waals surface area contributed by atoms with Crippen LogP contribution in [-0.4, -0.2) is 17.7 Å². The number of fused-ring (bicyclic) bond motifs is 1. The first-order chi connectivity index (χ1) is 12.0. The number of amides is 3. The molecular weight excluding hydrogens is 318 g/mol. The average Bonchev–Trinajstić information content (AvgIpc) is 2.62. The normalized spacial score (nSPS) is 10.2. The molecule has 6 heteroatoms. The first kappa shape index (κ1) is 16.2. The second-order valence-electron chi connectivity index (χ2n) is 5.38. The highest BCUT2D eigenvalue weighted by atomic mass is 16.2. The lowest BCUT2D eigenvalue weighted by Gasteiger charge is -2.09. The largest absolute Gasteiger partial charge is 0.366 e. The molecule has 0 saturated carbocycles. The Bertz CT molecular complexity index is 960. The Morgan fingerprint density at radius 2 is 1.36 bits per heavy atom. The number of carbonyl (C=O) groups excluding carboxylic acids is 3. The third-order valence-corrected chi connectivity index (χ3v) is 3.67. The summed E-state index contributed by atoms with van der Waals surface area (Å²) >= 11 is 0. The van der Waals surface area contributed by atoms with Crippen molar-refractivity contribution in [1.29, 1.82) is 0 Å². The Balaban J connectivity index is 1.72. The maximum atomic E-state index is 12.1. The van der Waals surface area contributed by atoms with E-state index in [1.54, 1.807) is 12.1 Å². The number of nitrogens with one attached hydrogen (secondary N) is 2. The standard InChI is InChI=1S/C19H15N3O3/c20-17(23)13-8-10-14(11-9-13)21-18(24)19(25)22-16-7-3-5-12-4-1-2-6-15(12)16/h1-11H,(H2,20,23)(H,21,24)(H,22,25). The summed E-state index contributed by atoms with van der Waals surface area (Å²) < 4.78 is 0. The van der Waals surface area contributed by atoms with Gasteiger partial charge >= 0.3 is 11.8 Å². The Labute approximate surface area is 143 Å². The van der Waals surface area contributed by atoms with Crippen molar-refractivity contribution in [2.24, 2.45) is 5.73 Å². The molecule has 0 aromatic heterocycles. The quantitative estimate of drug-likeness (QED) is 0.642. The van der Waals surface area contributed by atoms with Gasteiger partial charge in [-0.3, -0.25) is 14.4 Å². The van der Waals surface area contributed by atoms with Gasteiger partial charge in [0.25, 0.3) is 0 Å². The van der Waals surface area contributed by atoms with Crippen LogP contribution >= 0.6 is 0 Å². The number of hydrogen-bond acceptors (Lipinski definition) is 3. The minimum Gasteiger partial charge on any atom is -0.366 e. The molecular formula is C19H15N3O3. The van der Waals surface area contributed by atoms with Gasteiger partial charge in [0.15, 0.2) is 0 Å². The molecule has 0 aliphatic rings. The van der Waals surface area contributed by atoms with E-state index in [-0.39, 0.29) is 0 Å². The third-order valence-electron chi connectivity index (χ3n) is 3.67. The van der Waals surface area contributed by atoms with E-state index in [9.17, 15) is 14.4 Å². The van der Waals surface area contributed by atoms with Crippen LogP contribution in [0.15, 0.2) is 66.7 Å². The molecule has 25 heavy (non-hydrogen) atoms. The molecule has 124 valence electrons. The molecule has 0 aliphatic heterocycles. The van der Waals surface area contributed by atoms with Crippen molar-refractivity contribution in [3.8, 4) is 0 Å². The Morgan fingerprint density at radius 3 is 2.08 bits per heavy atom. The van der Waals surface area contributed by atoms with Gasteiger partial charge in [0.2, 0.25) is 5.91 Å². The molecule has 0 atom stereocenters. The lowest BCUT2D eigenvalue weighted by atomic mass is 10.1. The van der Waals surface area contributed by atoms with Crippen LogP contribution in [0.5, 0.6) is 0 Å². The fourth-order valence-corrected chi connectivity index (χ4v) is 2.42. The zero-order chi connectivity index (χ0) is 17.8. The van der Waals surface area contributed by atoms with Gasteiger partial charge < -0.3 is 16.4 Å². The average molecular weight is 333 g/mol. The molecule has 4 N–H and O–H groups in total. The molecule has 6 nitrogen and oxygen atoms in total. The van der Waals surface area contributed by atoms with Gasteiger partial charge in [0.05, 0.1) is 0 Å². The third kappa shape index (κ3) is 3.64. The molecule has 0 heterocycles. The molecule has 0 bridgehead atoms. The van der Waals surface area contributed by atoms with E-state index in [2.05, 4.69) is 10.6 Å². The van der Waals surface area contributed by atoms with Crippen molar-refractivity contribution >= 4 is 39.9 Å². The van der Waals surface area contributed by atoms with Crippen LogP contribution in [0.3, 0.4) is 0 Å². The molecule has 3 aromatic rings. The summed E-state index contributed by atoms with van der Waals surface area (Å²) in [6.45, 7) is 0. The van der Waals surface area contributed by atoms with Crippen molar-refractivity contribution in [2.45, 2.75) is 0 Å². The molecule has 3 rings (SSSR count). The topological polar surface area (TPSA) is 101 Å². The second-order valence-corrected chi connectivity index (χ2v) is 5.38. The molecule has 0 aliphatic carbocycles. The molecule has 0 saturated heterocycles. The van der Waals surface area contributed by atoms with Gasteiger partial charge in [0, 0.05) is 22.3 Å². The minimum absolute atomic E-state index is 0.318. The lowest BCUT2D eigenvalue weighted by molar-refractivity contribution is -0.132. The van der Waals surface area contributed by atoms with Gasteiger partial charge in [-0.15, -0.1) is 0 Å². The Hall–Kier alpha value is -3.67. The molecule has 0 radical (unpaired) electrons. The van der Waals surface area contributed by atoms with Crippen molar-refractivity contribution in [1.82, 2.24) is 0 Å². The number of primary amides is 1. The van der Waals surface area contributed by atoms with E-state index in [1.165, 1.54) is 24.3 Å². The first-order valence-electron chi connectivity index (χ1n) is 7.54. The summed E-state index contributed by atoms with van der Waals surface area (Å²) in [5, 5.41) is 6.89. The number of anilines is 2. The van der Waals surface area contributed by atoms with Crippen LogP contribution in [-0.2, 0) is 9.59 Å². The van der Waals surface area contributed by atoms with Gasteiger partial charge in [-0.1, -0.05) is 36.4 Å². The maximum Gasteiger partial charge on any atom is 0.314 e. The zero-order valence-electron chi connectivity index (χ0n) is 13.2. The van der Waals surface area contributed by atoms with Crippen LogP contribution in [0.25, 0.3) is 10.8 Å². The lowest BCUT2D eigenvalue weighted by Crippen LogP contribution is -2.29. The smallest absolute Gasteiger partial charge is 0.314 e.